The Morgan fingerprint density at radius 3 is 2.65 bits per heavy atom. The van der Waals surface area contributed by atoms with Gasteiger partial charge in [0, 0.05) is 42.8 Å². The summed E-state index contributed by atoms with van der Waals surface area (Å²) in [5, 5.41) is 4.48. The minimum Gasteiger partial charge on any atom is -0.497 e. The number of fused-ring (bicyclic) bond motifs is 2. The number of hydrogen-bond acceptors (Lipinski definition) is 4. The van der Waals surface area contributed by atoms with Crippen molar-refractivity contribution in [1.29, 1.82) is 0 Å². The van der Waals surface area contributed by atoms with Gasteiger partial charge in [-0.3, -0.25) is 4.79 Å². The van der Waals surface area contributed by atoms with Crippen LogP contribution in [0, 0.1) is 0 Å². The fraction of sp³-hybridized carbons (Fsp3) is 0.400. The predicted molar refractivity (Wildman–Crippen MR) is 125 cm³/mol. The minimum atomic E-state index is 0.132. The van der Waals surface area contributed by atoms with Gasteiger partial charge in [0.2, 0.25) is 0 Å². The van der Waals surface area contributed by atoms with Crippen molar-refractivity contribution >= 4 is 28.2 Å². The highest BCUT2D eigenvalue weighted by Crippen LogP contribution is 2.35. The summed E-state index contributed by atoms with van der Waals surface area (Å²) in [7, 11) is 1.67. The molecule has 1 fully saturated rings. The Morgan fingerprint density at radius 1 is 1.13 bits per heavy atom. The van der Waals surface area contributed by atoms with Gasteiger partial charge in [-0.15, -0.1) is 0 Å². The molecule has 1 amide bonds. The van der Waals surface area contributed by atoms with Crippen LogP contribution in [0.1, 0.15) is 43.1 Å². The summed E-state index contributed by atoms with van der Waals surface area (Å²) in [6.07, 6.45) is 3.99. The third-order valence-corrected chi connectivity index (χ3v) is 6.67. The number of piperidine rings is 1. The van der Waals surface area contributed by atoms with Crippen molar-refractivity contribution in [2.24, 2.45) is 0 Å². The second-order valence-corrected chi connectivity index (χ2v) is 8.77. The molecule has 3 heterocycles. The zero-order valence-corrected chi connectivity index (χ0v) is 18.5. The van der Waals surface area contributed by atoms with Crippen LogP contribution in [0.4, 0.5) is 11.4 Å². The van der Waals surface area contributed by atoms with Crippen molar-refractivity contribution in [3.63, 3.8) is 0 Å². The van der Waals surface area contributed by atoms with Crippen LogP contribution in [0.2, 0.25) is 0 Å². The highest BCUT2D eigenvalue weighted by atomic mass is 16.5. The molecule has 5 rings (SSSR count). The number of methoxy groups -OCH3 is 1. The van der Waals surface area contributed by atoms with Crippen molar-refractivity contribution in [2.45, 2.75) is 38.8 Å². The predicted octanol–water partition coefficient (Wildman–Crippen LogP) is 4.73. The molecule has 1 aromatic heterocycles. The Balaban J connectivity index is 1.35. The molecule has 6 heteroatoms. The van der Waals surface area contributed by atoms with Crippen LogP contribution in [-0.2, 0) is 0 Å². The second-order valence-electron chi connectivity index (χ2n) is 8.77. The molecule has 31 heavy (non-hydrogen) atoms. The summed E-state index contributed by atoms with van der Waals surface area (Å²) in [6, 6.07) is 15.2. The zero-order valence-electron chi connectivity index (χ0n) is 18.5. The zero-order chi connectivity index (χ0) is 21.5. The first-order chi connectivity index (χ1) is 15.1. The lowest BCUT2D eigenvalue weighted by atomic mass is 10.0. The third kappa shape index (κ3) is 3.40. The van der Waals surface area contributed by atoms with Gasteiger partial charge in [-0.2, -0.15) is 0 Å². The van der Waals surface area contributed by atoms with Crippen molar-refractivity contribution in [1.82, 2.24) is 9.47 Å². The lowest BCUT2D eigenvalue weighted by Gasteiger charge is -2.37. The number of benzene rings is 2. The molecule has 3 aromatic rings. The smallest absolute Gasteiger partial charge is 0.256 e. The number of aromatic nitrogens is 1. The Kier molecular flexibility index (Phi) is 5.00. The monoisotopic (exact) mass is 418 g/mol. The average molecular weight is 419 g/mol. The van der Waals surface area contributed by atoms with E-state index in [0.717, 1.165) is 54.8 Å². The maximum Gasteiger partial charge on any atom is 0.256 e. The molecule has 0 aliphatic carbocycles. The molecule has 0 unspecified atom stereocenters. The van der Waals surface area contributed by atoms with Crippen molar-refractivity contribution in [3.05, 3.63) is 54.2 Å². The lowest BCUT2D eigenvalue weighted by Crippen LogP contribution is -2.46. The first-order valence-corrected chi connectivity index (χ1v) is 11.1. The standard InChI is InChI=1S/C25H30N4O2/c1-17(2)28-15-21(20-9-8-19(31-3)14-24(20)28)25(30)27-12-10-18(11-13-27)29-16-26-22-6-4-5-7-23(22)29/h4-9,14-15,17-18,26H,10-13,16H2,1-3H3. The van der Waals surface area contributed by atoms with Crippen LogP contribution >= 0.6 is 0 Å². The van der Waals surface area contributed by atoms with Gasteiger partial charge < -0.3 is 24.4 Å². The van der Waals surface area contributed by atoms with Gasteiger partial charge in [0.25, 0.3) is 5.91 Å². The molecule has 2 aliphatic heterocycles. The second kappa shape index (κ2) is 7.84. The Labute approximate surface area is 183 Å². The van der Waals surface area contributed by atoms with E-state index in [9.17, 15) is 4.79 Å². The number of nitrogens with zero attached hydrogens (tertiary/aromatic N) is 3. The number of amides is 1. The molecule has 162 valence electrons. The molecule has 0 bridgehead atoms. The van der Waals surface area contributed by atoms with E-state index in [-0.39, 0.29) is 11.9 Å². The summed E-state index contributed by atoms with van der Waals surface area (Å²) in [6.45, 7) is 6.70. The van der Waals surface area contributed by atoms with Gasteiger partial charge in [0.1, 0.15) is 5.75 Å². The van der Waals surface area contributed by atoms with Crippen molar-refractivity contribution < 1.29 is 9.53 Å². The van der Waals surface area contributed by atoms with E-state index in [0.29, 0.717) is 6.04 Å². The van der Waals surface area contributed by atoms with Gasteiger partial charge in [0.05, 0.1) is 36.2 Å². The van der Waals surface area contributed by atoms with Gasteiger partial charge in [-0.1, -0.05) is 12.1 Å². The molecular weight excluding hydrogens is 388 g/mol. The van der Waals surface area contributed by atoms with E-state index in [2.05, 4.69) is 52.9 Å². The number of likely N-dealkylation sites (tertiary alicyclic amines) is 1. The van der Waals surface area contributed by atoms with Crippen LogP contribution < -0.4 is 15.0 Å². The fourth-order valence-corrected chi connectivity index (χ4v) is 4.96. The summed E-state index contributed by atoms with van der Waals surface area (Å²) in [5.74, 6) is 0.944. The highest BCUT2D eigenvalue weighted by molar-refractivity contribution is 6.07. The number of carbonyl (C=O) groups excluding carboxylic acids is 1. The lowest BCUT2D eigenvalue weighted by molar-refractivity contribution is 0.0714. The minimum absolute atomic E-state index is 0.132. The summed E-state index contributed by atoms with van der Waals surface area (Å²) >= 11 is 0. The van der Waals surface area contributed by atoms with Gasteiger partial charge >= 0.3 is 0 Å². The third-order valence-electron chi connectivity index (χ3n) is 6.67. The van der Waals surface area contributed by atoms with E-state index >= 15 is 0 Å². The SMILES string of the molecule is COc1ccc2c(C(=O)N3CCC(N4CNc5ccccc54)CC3)cn(C(C)C)c2c1. The number of ether oxygens (including phenoxy) is 1. The van der Waals surface area contributed by atoms with E-state index in [1.165, 1.54) is 11.4 Å². The largest absolute Gasteiger partial charge is 0.497 e. The van der Waals surface area contributed by atoms with E-state index < -0.39 is 0 Å². The van der Waals surface area contributed by atoms with Crippen molar-refractivity contribution in [2.75, 3.05) is 37.1 Å². The summed E-state index contributed by atoms with van der Waals surface area (Å²) in [5.41, 5.74) is 4.32. The molecule has 0 saturated carbocycles. The van der Waals surface area contributed by atoms with Gasteiger partial charge in [0.15, 0.2) is 0 Å². The molecule has 1 saturated heterocycles. The van der Waals surface area contributed by atoms with E-state index in [1.54, 1.807) is 7.11 Å². The van der Waals surface area contributed by atoms with E-state index in [4.69, 9.17) is 4.74 Å². The fourth-order valence-electron chi connectivity index (χ4n) is 4.96. The number of carbonyl (C=O) groups is 1. The molecule has 2 aromatic carbocycles. The van der Waals surface area contributed by atoms with Crippen LogP contribution in [0.15, 0.2) is 48.7 Å². The maximum absolute atomic E-state index is 13.5. The maximum atomic E-state index is 13.5. The first kappa shape index (κ1) is 19.8. The summed E-state index contributed by atoms with van der Waals surface area (Å²) < 4.78 is 7.58. The number of hydrogen-bond donors (Lipinski definition) is 1. The Bertz CT molecular complexity index is 1110. The Hall–Kier alpha value is -3.15. The molecule has 1 N–H and O–H groups in total. The van der Waals surface area contributed by atoms with Gasteiger partial charge in [-0.05, 0) is 51.0 Å². The number of anilines is 2. The number of para-hydroxylation sites is 2. The molecular formula is C25H30N4O2. The molecule has 0 spiro atoms. The molecule has 0 radical (unpaired) electrons. The van der Waals surface area contributed by atoms with Crippen LogP contribution in [0.3, 0.4) is 0 Å². The topological polar surface area (TPSA) is 49.7 Å². The number of nitrogens with one attached hydrogen (secondary N) is 1. The average Bonchev–Trinajstić information content (AvgIpc) is 3.40. The van der Waals surface area contributed by atoms with Crippen LogP contribution in [0.5, 0.6) is 5.75 Å². The van der Waals surface area contributed by atoms with Crippen molar-refractivity contribution in [3.8, 4) is 5.75 Å². The molecule has 0 atom stereocenters. The molecule has 6 nitrogen and oxygen atoms in total. The van der Waals surface area contributed by atoms with Gasteiger partial charge in [-0.25, -0.2) is 0 Å². The number of rotatable bonds is 4. The van der Waals surface area contributed by atoms with Crippen LogP contribution in [0.25, 0.3) is 10.9 Å². The first-order valence-electron chi connectivity index (χ1n) is 11.1. The molecule has 2 aliphatic rings. The normalized spacial score (nSPS) is 16.6. The quantitative estimate of drug-likeness (QED) is 0.666. The van der Waals surface area contributed by atoms with E-state index in [1.807, 2.05) is 29.3 Å². The van der Waals surface area contributed by atoms with Crippen LogP contribution in [-0.4, -0.2) is 48.3 Å². The highest BCUT2D eigenvalue weighted by Gasteiger charge is 2.31. The summed E-state index contributed by atoms with van der Waals surface area (Å²) in [4.78, 5) is 18.0. The Morgan fingerprint density at radius 2 is 1.90 bits per heavy atom.